The molecule has 7 nitrogen and oxygen atoms in total. The number of aromatic amines is 1. The molecule has 1 aromatic heterocycles. The summed E-state index contributed by atoms with van der Waals surface area (Å²) < 4.78 is 28.7. The molecule has 0 amide bonds. The van der Waals surface area contributed by atoms with Crippen LogP contribution in [0, 0.1) is 0 Å². The molecule has 0 spiro atoms. The van der Waals surface area contributed by atoms with Crippen molar-refractivity contribution in [1.82, 2.24) is 4.98 Å². The zero-order valence-corrected chi connectivity index (χ0v) is 21.2. The molecule has 0 aliphatic carbocycles. The first kappa shape index (κ1) is 24.3. The van der Waals surface area contributed by atoms with Gasteiger partial charge in [0.2, 0.25) is 0 Å². The molecule has 35 heavy (non-hydrogen) atoms. The van der Waals surface area contributed by atoms with Crippen LogP contribution in [0.1, 0.15) is 36.8 Å². The summed E-state index contributed by atoms with van der Waals surface area (Å²) in [6.45, 7) is 6.20. The molecule has 4 aromatic rings. The number of benzene rings is 3. The van der Waals surface area contributed by atoms with Crippen LogP contribution in [0.2, 0.25) is 0 Å². The summed E-state index contributed by atoms with van der Waals surface area (Å²) in [4.78, 5) is 17.1. The van der Waals surface area contributed by atoms with Crippen LogP contribution in [0.5, 0.6) is 0 Å². The lowest BCUT2D eigenvalue weighted by Gasteiger charge is -2.19. The van der Waals surface area contributed by atoms with Gasteiger partial charge in [0.1, 0.15) is 5.69 Å². The first-order valence-corrected chi connectivity index (χ1v) is 12.7. The average Bonchev–Trinajstić information content (AvgIpc) is 3.17. The second-order valence-electron chi connectivity index (χ2n) is 9.76. The Morgan fingerprint density at radius 3 is 2.11 bits per heavy atom. The zero-order chi connectivity index (χ0) is 25.5. The van der Waals surface area contributed by atoms with Crippen LogP contribution in [0.4, 0.5) is 11.4 Å². The Morgan fingerprint density at radius 1 is 0.943 bits per heavy atom. The van der Waals surface area contributed by atoms with Crippen LogP contribution in [-0.2, 0) is 15.4 Å². The topological polar surface area (TPSA) is 102 Å². The molecule has 0 aliphatic rings. The quantitative estimate of drug-likeness (QED) is 0.321. The van der Waals surface area contributed by atoms with Crippen LogP contribution in [-0.4, -0.2) is 38.6 Å². The second kappa shape index (κ2) is 8.78. The highest BCUT2D eigenvalue weighted by Gasteiger charge is 2.21. The van der Waals surface area contributed by atoms with E-state index in [0.29, 0.717) is 22.2 Å². The molecular formula is C27H29N3O4S. The predicted molar refractivity (Wildman–Crippen MR) is 141 cm³/mol. The predicted octanol–water partition coefficient (Wildman–Crippen LogP) is 5.70. The molecule has 4 rings (SSSR count). The summed E-state index contributed by atoms with van der Waals surface area (Å²) in [5.41, 5.74) is 4.16. The number of H-pyrrole nitrogens is 1. The van der Waals surface area contributed by atoms with Crippen LogP contribution in [0.3, 0.4) is 0 Å². The zero-order valence-electron chi connectivity index (χ0n) is 20.4. The number of aromatic carboxylic acids is 1. The Bertz CT molecular complexity index is 1500. The SMILES string of the molecule is CN(C)c1ccc(-c2c(C(=O)O)[nH]c3ccc(NS(=O)(=O)c4ccc(C(C)(C)C)cc4)cc23)cc1. The monoisotopic (exact) mass is 491 g/mol. The first-order valence-electron chi connectivity index (χ1n) is 11.2. The Labute approximate surface area is 205 Å². The molecule has 3 N–H and O–H groups in total. The molecule has 0 saturated heterocycles. The average molecular weight is 492 g/mol. The smallest absolute Gasteiger partial charge is 0.352 e. The minimum absolute atomic E-state index is 0.0513. The van der Waals surface area contributed by atoms with E-state index in [-0.39, 0.29) is 16.0 Å². The van der Waals surface area contributed by atoms with Crippen molar-refractivity contribution in [2.45, 2.75) is 31.1 Å². The number of aromatic nitrogens is 1. The third kappa shape index (κ3) is 4.88. The second-order valence-corrected chi connectivity index (χ2v) is 11.4. The highest BCUT2D eigenvalue weighted by molar-refractivity contribution is 7.92. The molecule has 0 unspecified atom stereocenters. The van der Waals surface area contributed by atoms with Gasteiger partial charge in [-0.2, -0.15) is 0 Å². The molecule has 1 heterocycles. The molecule has 0 aliphatic heterocycles. The lowest BCUT2D eigenvalue weighted by atomic mass is 9.87. The van der Waals surface area contributed by atoms with Crippen LogP contribution >= 0.6 is 0 Å². The molecule has 3 aromatic carbocycles. The Balaban J connectivity index is 1.75. The highest BCUT2D eigenvalue weighted by atomic mass is 32.2. The number of hydrogen-bond acceptors (Lipinski definition) is 4. The van der Waals surface area contributed by atoms with E-state index in [1.807, 2.05) is 55.4 Å². The summed E-state index contributed by atoms with van der Waals surface area (Å²) in [5.74, 6) is -1.09. The number of carboxylic acids is 1. The van der Waals surface area contributed by atoms with Gasteiger partial charge in [0.15, 0.2) is 0 Å². The molecule has 0 saturated carbocycles. The van der Waals surface area contributed by atoms with Crippen molar-refractivity contribution in [2.75, 3.05) is 23.7 Å². The third-order valence-corrected chi connectivity index (χ3v) is 7.36. The van der Waals surface area contributed by atoms with E-state index in [9.17, 15) is 18.3 Å². The van der Waals surface area contributed by atoms with Crippen LogP contribution < -0.4 is 9.62 Å². The van der Waals surface area contributed by atoms with Crippen molar-refractivity contribution in [1.29, 1.82) is 0 Å². The number of anilines is 2. The maximum absolute atomic E-state index is 13.1. The van der Waals surface area contributed by atoms with Crippen molar-refractivity contribution >= 4 is 38.3 Å². The van der Waals surface area contributed by atoms with E-state index in [1.54, 1.807) is 30.3 Å². The summed E-state index contributed by atoms with van der Waals surface area (Å²) in [6, 6.07) is 19.3. The lowest BCUT2D eigenvalue weighted by Crippen LogP contribution is -2.14. The minimum atomic E-state index is -3.83. The van der Waals surface area contributed by atoms with E-state index in [4.69, 9.17) is 0 Å². The fraction of sp³-hybridized carbons (Fsp3) is 0.222. The van der Waals surface area contributed by atoms with E-state index < -0.39 is 16.0 Å². The van der Waals surface area contributed by atoms with Gasteiger partial charge in [0.05, 0.1) is 4.90 Å². The Hall–Kier alpha value is -3.78. The maximum atomic E-state index is 13.1. The summed E-state index contributed by atoms with van der Waals surface area (Å²) in [7, 11) is 0.0296. The fourth-order valence-electron chi connectivity index (χ4n) is 3.99. The minimum Gasteiger partial charge on any atom is -0.477 e. The van der Waals surface area contributed by atoms with E-state index in [0.717, 1.165) is 16.8 Å². The van der Waals surface area contributed by atoms with Gasteiger partial charge < -0.3 is 15.0 Å². The molecule has 8 heteroatoms. The van der Waals surface area contributed by atoms with Crippen molar-refractivity contribution < 1.29 is 18.3 Å². The van der Waals surface area contributed by atoms with Crippen molar-refractivity contribution in [3.8, 4) is 11.1 Å². The van der Waals surface area contributed by atoms with Gasteiger partial charge in [-0.3, -0.25) is 4.72 Å². The van der Waals surface area contributed by atoms with Gasteiger partial charge in [0.25, 0.3) is 10.0 Å². The van der Waals surface area contributed by atoms with Gasteiger partial charge in [-0.25, -0.2) is 13.2 Å². The Kier molecular flexibility index (Phi) is 6.11. The van der Waals surface area contributed by atoms with Gasteiger partial charge in [-0.1, -0.05) is 45.0 Å². The molecule has 182 valence electrons. The van der Waals surface area contributed by atoms with Gasteiger partial charge >= 0.3 is 5.97 Å². The number of carbonyl (C=O) groups is 1. The Morgan fingerprint density at radius 2 is 1.57 bits per heavy atom. The normalized spacial score (nSPS) is 12.0. The van der Waals surface area contributed by atoms with E-state index in [2.05, 4.69) is 30.5 Å². The van der Waals surface area contributed by atoms with E-state index >= 15 is 0 Å². The standard InChI is InChI=1S/C27H29N3O4S/c1-27(2,3)18-8-13-21(14-9-18)35(33,34)29-19-10-15-23-22(16-19)24(25(28-23)26(31)32)17-6-11-20(12-7-17)30(4)5/h6-16,28-29H,1-5H3,(H,31,32). The largest absolute Gasteiger partial charge is 0.477 e. The number of rotatable bonds is 6. The molecule has 0 atom stereocenters. The van der Waals surface area contributed by atoms with Crippen LogP contribution in [0.15, 0.2) is 71.6 Å². The van der Waals surface area contributed by atoms with Gasteiger partial charge in [-0.05, 0) is 59.0 Å². The van der Waals surface area contributed by atoms with E-state index in [1.165, 1.54) is 0 Å². The summed E-state index contributed by atoms with van der Waals surface area (Å²) in [6.07, 6.45) is 0. The first-order chi connectivity index (χ1) is 16.4. The molecule has 0 radical (unpaired) electrons. The van der Waals surface area contributed by atoms with Crippen LogP contribution in [0.25, 0.3) is 22.0 Å². The molecule has 0 bridgehead atoms. The number of nitrogens with one attached hydrogen (secondary N) is 2. The van der Waals surface area contributed by atoms with Gasteiger partial charge in [-0.15, -0.1) is 0 Å². The summed E-state index contributed by atoms with van der Waals surface area (Å²) in [5, 5.41) is 10.4. The van der Waals surface area contributed by atoms with Gasteiger partial charge in [0, 0.05) is 41.9 Å². The van der Waals surface area contributed by atoms with Crippen molar-refractivity contribution in [3.63, 3.8) is 0 Å². The highest BCUT2D eigenvalue weighted by Crippen LogP contribution is 2.35. The lowest BCUT2D eigenvalue weighted by molar-refractivity contribution is 0.0692. The van der Waals surface area contributed by atoms with Crippen molar-refractivity contribution in [2.24, 2.45) is 0 Å². The molecular weight excluding hydrogens is 462 g/mol. The maximum Gasteiger partial charge on any atom is 0.352 e. The number of hydrogen-bond donors (Lipinski definition) is 3. The molecule has 0 fully saturated rings. The summed E-state index contributed by atoms with van der Waals surface area (Å²) >= 11 is 0. The number of sulfonamides is 1. The van der Waals surface area contributed by atoms with Crippen molar-refractivity contribution in [3.05, 3.63) is 78.0 Å². The third-order valence-electron chi connectivity index (χ3n) is 5.97. The number of carboxylic acid groups (broad SMARTS) is 1. The fourth-order valence-corrected chi connectivity index (χ4v) is 5.04. The number of nitrogens with zero attached hydrogens (tertiary/aromatic N) is 1. The number of fused-ring (bicyclic) bond motifs is 1.